The molecule has 1 atom stereocenters. The van der Waals surface area contributed by atoms with E-state index >= 15 is 0 Å². The van der Waals surface area contributed by atoms with E-state index in [1.165, 1.54) is 6.07 Å². The molecule has 2 nitrogen and oxygen atoms in total. The van der Waals surface area contributed by atoms with Crippen molar-refractivity contribution in [1.29, 1.82) is 0 Å². The van der Waals surface area contributed by atoms with Gasteiger partial charge in [-0.25, -0.2) is 4.39 Å². The van der Waals surface area contributed by atoms with Crippen LogP contribution in [0.15, 0.2) is 18.2 Å². The van der Waals surface area contributed by atoms with E-state index in [4.69, 9.17) is 5.73 Å². The van der Waals surface area contributed by atoms with Gasteiger partial charge in [-0.1, -0.05) is 12.1 Å². The minimum atomic E-state index is -0.190. The normalized spacial score (nSPS) is 13.4. The number of rotatable bonds is 1. The fraction of sp³-hybridized carbons (Fsp3) is 0.333. The molecule has 0 fully saturated rings. The van der Waals surface area contributed by atoms with Gasteiger partial charge in [0.25, 0.3) is 0 Å². The summed E-state index contributed by atoms with van der Waals surface area (Å²) >= 11 is 0. The van der Waals surface area contributed by atoms with Crippen LogP contribution in [0.1, 0.15) is 24.2 Å². The number of halogens is 1. The fourth-order valence-corrected chi connectivity index (χ4v) is 2.32. The van der Waals surface area contributed by atoms with Gasteiger partial charge in [-0.05, 0) is 25.5 Å². The van der Waals surface area contributed by atoms with Crippen LogP contribution in [0.2, 0.25) is 0 Å². The number of fused-ring (bicyclic) bond motifs is 1. The highest BCUT2D eigenvalue weighted by Gasteiger charge is 2.16. The van der Waals surface area contributed by atoms with E-state index in [9.17, 15) is 4.39 Å². The van der Waals surface area contributed by atoms with Gasteiger partial charge < -0.3 is 10.3 Å². The summed E-state index contributed by atoms with van der Waals surface area (Å²) in [5, 5.41) is 0.949. The molecule has 0 aliphatic carbocycles. The molecule has 0 bridgehead atoms. The Labute approximate surface area is 88.5 Å². The van der Waals surface area contributed by atoms with E-state index < -0.39 is 0 Å². The lowest BCUT2D eigenvalue weighted by molar-refractivity contribution is 0.626. The first-order valence-electron chi connectivity index (χ1n) is 5.03. The number of aryl methyl sites for hydroxylation is 2. The van der Waals surface area contributed by atoms with Gasteiger partial charge >= 0.3 is 0 Å². The Morgan fingerprint density at radius 2 is 2.07 bits per heavy atom. The van der Waals surface area contributed by atoms with Crippen LogP contribution in [0.5, 0.6) is 0 Å². The molecule has 2 N–H and O–H groups in total. The highest BCUT2D eigenvalue weighted by atomic mass is 19.1. The molecular weight excluding hydrogens is 191 g/mol. The number of hydrogen-bond acceptors (Lipinski definition) is 1. The molecule has 80 valence electrons. The molecule has 1 unspecified atom stereocenters. The fourth-order valence-electron chi connectivity index (χ4n) is 2.32. The van der Waals surface area contributed by atoms with Gasteiger partial charge in [-0.2, -0.15) is 0 Å². The Kier molecular flexibility index (Phi) is 2.27. The molecule has 1 aromatic heterocycles. The maximum Gasteiger partial charge on any atom is 0.147 e. The zero-order valence-electron chi connectivity index (χ0n) is 9.21. The van der Waals surface area contributed by atoms with Gasteiger partial charge in [0.2, 0.25) is 0 Å². The van der Waals surface area contributed by atoms with Crippen molar-refractivity contribution in [2.24, 2.45) is 12.8 Å². The molecule has 15 heavy (non-hydrogen) atoms. The van der Waals surface area contributed by atoms with Crippen LogP contribution in [-0.2, 0) is 7.05 Å². The molecule has 2 aromatic rings. The van der Waals surface area contributed by atoms with Gasteiger partial charge in [0.05, 0.1) is 5.52 Å². The third kappa shape index (κ3) is 1.35. The van der Waals surface area contributed by atoms with Gasteiger partial charge in [-0.15, -0.1) is 0 Å². The van der Waals surface area contributed by atoms with Gasteiger partial charge in [0, 0.05) is 24.2 Å². The van der Waals surface area contributed by atoms with Crippen LogP contribution in [0.4, 0.5) is 4.39 Å². The topological polar surface area (TPSA) is 30.9 Å². The lowest BCUT2D eigenvalue weighted by Gasteiger charge is -2.09. The Morgan fingerprint density at radius 3 is 2.60 bits per heavy atom. The smallest absolute Gasteiger partial charge is 0.147 e. The van der Waals surface area contributed by atoms with E-state index in [0.29, 0.717) is 5.52 Å². The Bertz CT molecular complexity index is 512. The summed E-state index contributed by atoms with van der Waals surface area (Å²) in [5.74, 6) is -0.190. The highest BCUT2D eigenvalue weighted by molar-refractivity contribution is 5.85. The second kappa shape index (κ2) is 3.35. The highest BCUT2D eigenvalue weighted by Crippen LogP contribution is 2.29. The minimum Gasteiger partial charge on any atom is -0.344 e. The minimum absolute atomic E-state index is 0.0817. The zero-order valence-corrected chi connectivity index (χ0v) is 9.21. The summed E-state index contributed by atoms with van der Waals surface area (Å²) in [6.45, 7) is 3.90. The molecule has 2 rings (SSSR count). The first-order valence-corrected chi connectivity index (χ1v) is 5.03. The molecule has 0 radical (unpaired) electrons. The number of aromatic nitrogens is 1. The molecule has 3 heteroatoms. The Hall–Kier alpha value is -1.35. The Balaban J connectivity index is 2.92. The molecule has 0 saturated heterocycles. The van der Waals surface area contributed by atoms with E-state index in [1.807, 2.05) is 31.5 Å². The molecule has 1 aromatic carbocycles. The van der Waals surface area contributed by atoms with Crippen LogP contribution in [0.25, 0.3) is 10.9 Å². The molecule has 0 saturated carbocycles. The van der Waals surface area contributed by atoms with Crippen molar-refractivity contribution in [1.82, 2.24) is 4.57 Å². The van der Waals surface area contributed by atoms with Gasteiger partial charge in [-0.3, -0.25) is 0 Å². The SMILES string of the molecule is Cc1c(C(C)N)n(C)c2c(F)cccc12. The van der Waals surface area contributed by atoms with Crippen LogP contribution < -0.4 is 5.73 Å². The molecule has 0 aliphatic heterocycles. The summed E-state index contributed by atoms with van der Waals surface area (Å²) in [5.41, 5.74) is 8.59. The standard InChI is InChI=1S/C12H15FN2/c1-7-9-5-4-6-10(13)12(9)15(3)11(7)8(2)14/h4-6,8H,14H2,1-3H3. The zero-order chi connectivity index (χ0) is 11.2. The Morgan fingerprint density at radius 1 is 1.40 bits per heavy atom. The predicted octanol–water partition coefficient (Wildman–Crippen LogP) is 2.65. The van der Waals surface area contributed by atoms with Crippen LogP contribution in [0, 0.1) is 12.7 Å². The molecule has 0 spiro atoms. The summed E-state index contributed by atoms with van der Waals surface area (Å²) in [7, 11) is 1.86. The van der Waals surface area contributed by atoms with E-state index in [0.717, 1.165) is 16.6 Å². The first kappa shape index (κ1) is 10.2. The third-order valence-corrected chi connectivity index (χ3v) is 2.90. The van der Waals surface area contributed by atoms with Crippen LogP contribution in [0.3, 0.4) is 0 Å². The number of para-hydroxylation sites is 1. The summed E-state index contributed by atoms with van der Waals surface area (Å²) < 4.78 is 15.5. The number of nitrogens with two attached hydrogens (primary N) is 1. The van der Waals surface area contributed by atoms with Crippen molar-refractivity contribution in [2.45, 2.75) is 19.9 Å². The lowest BCUT2D eigenvalue weighted by Crippen LogP contribution is -2.11. The number of nitrogens with zero attached hydrogens (tertiary/aromatic N) is 1. The molecule has 1 heterocycles. The van der Waals surface area contributed by atoms with Crippen molar-refractivity contribution in [3.63, 3.8) is 0 Å². The van der Waals surface area contributed by atoms with Crippen LogP contribution in [-0.4, -0.2) is 4.57 Å². The third-order valence-electron chi connectivity index (χ3n) is 2.90. The number of hydrogen-bond donors (Lipinski definition) is 1. The molecule has 0 aliphatic rings. The quantitative estimate of drug-likeness (QED) is 0.764. The van der Waals surface area contributed by atoms with Gasteiger partial charge in [0.15, 0.2) is 0 Å². The van der Waals surface area contributed by atoms with E-state index in [-0.39, 0.29) is 11.9 Å². The van der Waals surface area contributed by atoms with Crippen LogP contribution >= 0.6 is 0 Å². The average Bonchev–Trinajstić information content (AvgIpc) is 2.40. The van der Waals surface area contributed by atoms with Crippen molar-refractivity contribution in [2.75, 3.05) is 0 Å². The van der Waals surface area contributed by atoms with E-state index in [2.05, 4.69) is 0 Å². The predicted molar refractivity (Wildman–Crippen MR) is 60.2 cm³/mol. The largest absolute Gasteiger partial charge is 0.344 e. The first-order chi connectivity index (χ1) is 7.04. The second-order valence-corrected chi connectivity index (χ2v) is 3.99. The van der Waals surface area contributed by atoms with Crippen molar-refractivity contribution in [3.05, 3.63) is 35.3 Å². The van der Waals surface area contributed by atoms with Crippen molar-refractivity contribution < 1.29 is 4.39 Å². The van der Waals surface area contributed by atoms with Gasteiger partial charge in [0.1, 0.15) is 5.82 Å². The maximum atomic E-state index is 13.6. The van der Waals surface area contributed by atoms with Crippen molar-refractivity contribution >= 4 is 10.9 Å². The lowest BCUT2D eigenvalue weighted by atomic mass is 10.1. The number of benzene rings is 1. The van der Waals surface area contributed by atoms with Crippen molar-refractivity contribution in [3.8, 4) is 0 Å². The summed E-state index contributed by atoms with van der Waals surface area (Å²) in [4.78, 5) is 0. The molecular formula is C12H15FN2. The summed E-state index contributed by atoms with van der Waals surface area (Å²) in [6, 6.07) is 5.06. The summed E-state index contributed by atoms with van der Waals surface area (Å²) in [6.07, 6.45) is 0. The molecule has 0 amide bonds. The monoisotopic (exact) mass is 206 g/mol. The van der Waals surface area contributed by atoms with E-state index in [1.54, 1.807) is 6.07 Å². The second-order valence-electron chi connectivity index (χ2n) is 3.99. The maximum absolute atomic E-state index is 13.6. The average molecular weight is 206 g/mol.